The summed E-state index contributed by atoms with van der Waals surface area (Å²) in [6, 6.07) is 13.6. The number of hydrogen-bond acceptors (Lipinski definition) is 3. The van der Waals surface area contributed by atoms with E-state index in [2.05, 4.69) is 0 Å². The van der Waals surface area contributed by atoms with Gasteiger partial charge in [0.15, 0.2) is 0 Å². The van der Waals surface area contributed by atoms with Crippen LogP contribution in [0.15, 0.2) is 58.3 Å². The zero-order valence-corrected chi connectivity index (χ0v) is 12.6. The van der Waals surface area contributed by atoms with Crippen LogP contribution in [0.2, 0.25) is 0 Å². The lowest BCUT2D eigenvalue weighted by Gasteiger charge is -2.13. The van der Waals surface area contributed by atoms with E-state index in [0.29, 0.717) is 10.6 Å². The Bertz CT molecular complexity index is 686. The first kappa shape index (κ1) is 14.6. The summed E-state index contributed by atoms with van der Waals surface area (Å²) in [4.78, 5) is 0.659. The van der Waals surface area contributed by atoms with Crippen LogP contribution in [0.5, 0.6) is 5.75 Å². The van der Waals surface area contributed by atoms with Crippen molar-refractivity contribution in [1.29, 1.82) is 0 Å². The van der Waals surface area contributed by atoms with E-state index in [1.54, 1.807) is 43.5 Å². The fraction of sp³-hybridized carbons (Fsp3) is 0.250. The zero-order valence-electron chi connectivity index (χ0n) is 11.8. The van der Waals surface area contributed by atoms with E-state index in [0.717, 1.165) is 5.56 Å². The molecule has 4 heteroatoms. The molecule has 0 aliphatic rings. The normalized spacial score (nSPS) is 11.6. The molecule has 0 saturated carbocycles. The number of hydrogen-bond donors (Lipinski definition) is 0. The fourth-order valence-corrected chi connectivity index (χ4v) is 3.70. The number of benzene rings is 2. The van der Waals surface area contributed by atoms with Crippen LogP contribution in [0, 0.1) is 0 Å². The van der Waals surface area contributed by atoms with E-state index in [1.807, 2.05) is 26.0 Å². The first-order chi connectivity index (χ1) is 9.46. The Morgan fingerprint density at radius 2 is 1.55 bits per heavy atom. The predicted octanol–water partition coefficient (Wildman–Crippen LogP) is 3.65. The van der Waals surface area contributed by atoms with Crippen LogP contribution in [-0.4, -0.2) is 15.5 Å². The first-order valence-corrected chi connectivity index (χ1v) is 7.93. The molecule has 0 atom stereocenters. The molecule has 20 heavy (non-hydrogen) atoms. The molecule has 0 spiro atoms. The van der Waals surface area contributed by atoms with Crippen LogP contribution >= 0.6 is 0 Å². The Morgan fingerprint density at radius 1 is 0.950 bits per heavy atom. The molecule has 0 amide bonds. The van der Waals surface area contributed by atoms with Crippen LogP contribution in [0.1, 0.15) is 25.3 Å². The molecule has 0 N–H and O–H groups in total. The lowest BCUT2D eigenvalue weighted by Crippen LogP contribution is -2.06. The smallest absolute Gasteiger partial charge is 0.206 e. The molecule has 0 bridgehead atoms. The Hall–Kier alpha value is -1.81. The number of rotatable bonds is 4. The van der Waals surface area contributed by atoms with Crippen molar-refractivity contribution in [2.45, 2.75) is 29.6 Å². The molecular weight excluding hydrogens is 272 g/mol. The number of sulfone groups is 1. The molecule has 0 radical (unpaired) electrons. The molecule has 2 aromatic carbocycles. The molecule has 106 valence electrons. The topological polar surface area (TPSA) is 43.4 Å². The second-order valence-corrected chi connectivity index (χ2v) is 6.79. The van der Waals surface area contributed by atoms with Crippen LogP contribution in [0.4, 0.5) is 0 Å². The van der Waals surface area contributed by atoms with Crippen molar-refractivity contribution in [3.05, 3.63) is 54.1 Å². The summed E-state index contributed by atoms with van der Waals surface area (Å²) in [6.45, 7) is 3.98. The van der Waals surface area contributed by atoms with Gasteiger partial charge in [0.05, 0.1) is 16.9 Å². The van der Waals surface area contributed by atoms with Crippen LogP contribution < -0.4 is 4.74 Å². The monoisotopic (exact) mass is 290 g/mol. The van der Waals surface area contributed by atoms with Crippen LogP contribution in [0.25, 0.3) is 0 Å². The van der Waals surface area contributed by atoms with E-state index in [-0.39, 0.29) is 10.8 Å². The van der Waals surface area contributed by atoms with Gasteiger partial charge in [0.25, 0.3) is 0 Å². The van der Waals surface area contributed by atoms with Crippen molar-refractivity contribution in [2.24, 2.45) is 0 Å². The van der Waals surface area contributed by atoms with Crippen molar-refractivity contribution in [3.8, 4) is 5.75 Å². The second-order valence-electron chi connectivity index (χ2n) is 4.87. The quantitative estimate of drug-likeness (QED) is 0.863. The highest BCUT2D eigenvalue weighted by Crippen LogP contribution is 2.29. The molecule has 0 saturated heterocycles. The molecule has 0 aliphatic carbocycles. The summed E-state index contributed by atoms with van der Waals surface area (Å²) in [6.07, 6.45) is 0. The zero-order chi connectivity index (χ0) is 14.8. The van der Waals surface area contributed by atoms with Crippen LogP contribution in [-0.2, 0) is 9.84 Å². The van der Waals surface area contributed by atoms with Gasteiger partial charge in [-0.15, -0.1) is 0 Å². The van der Waals surface area contributed by atoms with Gasteiger partial charge in [0.1, 0.15) is 5.75 Å². The third kappa shape index (κ3) is 2.70. The van der Waals surface area contributed by atoms with Gasteiger partial charge in [-0.05, 0) is 41.8 Å². The Morgan fingerprint density at radius 3 is 2.10 bits per heavy atom. The molecule has 2 rings (SSSR count). The van der Waals surface area contributed by atoms with Crippen LogP contribution in [0.3, 0.4) is 0 Å². The third-order valence-corrected chi connectivity index (χ3v) is 5.04. The van der Waals surface area contributed by atoms with E-state index < -0.39 is 9.84 Å². The van der Waals surface area contributed by atoms with Crippen molar-refractivity contribution in [1.82, 2.24) is 0 Å². The molecule has 0 fully saturated rings. The molecule has 0 heterocycles. The average molecular weight is 290 g/mol. The minimum absolute atomic E-state index is 0.152. The lowest BCUT2D eigenvalue weighted by atomic mass is 10.0. The Labute approximate surface area is 120 Å². The van der Waals surface area contributed by atoms with Gasteiger partial charge < -0.3 is 4.74 Å². The first-order valence-electron chi connectivity index (χ1n) is 6.45. The highest BCUT2D eigenvalue weighted by Gasteiger charge is 2.21. The highest BCUT2D eigenvalue weighted by molar-refractivity contribution is 7.91. The van der Waals surface area contributed by atoms with Gasteiger partial charge in [-0.25, -0.2) is 8.42 Å². The second kappa shape index (κ2) is 5.67. The maximum Gasteiger partial charge on any atom is 0.206 e. The van der Waals surface area contributed by atoms with E-state index in [4.69, 9.17) is 4.74 Å². The molecule has 0 unspecified atom stereocenters. The largest absolute Gasteiger partial charge is 0.497 e. The van der Waals surface area contributed by atoms with Gasteiger partial charge in [-0.2, -0.15) is 0 Å². The SMILES string of the molecule is COc1ccc(S(=O)(=O)c2ccccc2C(C)C)cc1. The summed E-state index contributed by atoms with van der Waals surface area (Å²) < 4.78 is 30.5. The molecule has 0 aromatic heterocycles. The summed E-state index contributed by atoms with van der Waals surface area (Å²) in [5.41, 5.74) is 0.836. The van der Waals surface area contributed by atoms with E-state index in [9.17, 15) is 8.42 Å². The van der Waals surface area contributed by atoms with Gasteiger partial charge in [0, 0.05) is 0 Å². The minimum atomic E-state index is -3.50. The third-order valence-electron chi connectivity index (χ3n) is 3.20. The van der Waals surface area contributed by atoms with Crippen molar-refractivity contribution < 1.29 is 13.2 Å². The maximum atomic E-state index is 12.7. The number of ether oxygens (including phenoxy) is 1. The Kier molecular flexibility index (Phi) is 4.14. The molecule has 0 aliphatic heterocycles. The van der Waals surface area contributed by atoms with E-state index >= 15 is 0 Å². The average Bonchev–Trinajstić information content (AvgIpc) is 2.47. The van der Waals surface area contributed by atoms with Crippen molar-refractivity contribution in [2.75, 3.05) is 7.11 Å². The molecule has 3 nitrogen and oxygen atoms in total. The highest BCUT2D eigenvalue weighted by atomic mass is 32.2. The summed E-state index contributed by atoms with van der Waals surface area (Å²) in [5, 5.41) is 0. The van der Waals surface area contributed by atoms with E-state index in [1.165, 1.54) is 0 Å². The molecular formula is C16H18O3S. The summed E-state index contributed by atoms with van der Waals surface area (Å²) in [5.74, 6) is 0.792. The summed E-state index contributed by atoms with van der Waals surface area (Å²) in [7, 11) is -1.94. The summed E-state index contributed by atoms with van der Waals surface area (Å²) >= 11 is 0. The van der Waals surface area contributed by atoms with Gasteiger partial charge in [-0.3, -0.25) is 0 Å². The van der Waals surface area contributed by atoms with Gasteiger partial charge >= 0.3 is 0 Å². The standard InChI is InChI=1S/C16H18O3S/c1-12(2)15-6-4-5-7-16(15)20(17,18)14-10-8-13(19-3)9-11-14/h4-12H,1-3H3. The van der Waals surface area contributed by atoms with Gasteiger partial charge in [-0.1, -0.05) is 32.0 Å². The maximum absolute atomic E-state index is 12.7. The minimum Gasteiger partial charge on any atom is -0.497 e. The number of methoxy groups -OCH3 is 1. The fourth-order valence-electron chi connectivity index (χ4n) is 2.08. The predicted molar refractivity (Wildman–Crippen MR) is 79.0 cm³/mol. The van der Waals surface area contributed by atoms with Crippen molar-refractivity contribution >= 4 is 9.84 Å². The van der Waals surface area contributed by atoms with Crippen molar-refractivity contribution in [3.63, 3.8) is 0 Å². The molecule has 2 aromatic rings. The van der Waals surface area contributed by atoms with Gasteiger partial charge in [0.2, 0.25) is 9.84 Å². The Balaban J connectivity index is 2.55. The lowest BCUT2D eigenvalue weighted by molar-refractivity contribution is 0.414.